The first-order valence-electron chi connectivity index (χ1n) is 6.06. The molecule has 116 valence electrons. The molecule has 0 bridgehead atoms. The van der Waals surface area contributed by atoms with E-state index in [-0.39, 0.29) is 71.5 Å². The predicted molar refractivity (Wildman–Crippen MR) is 68.8 cm³/mol. The van der Waals surface area contributed by atoms with Gasteiger partial charge >= 0.3 is 59.1 Å². The molecule has 0 saturated carbocycles. The van der Waals surface area contributed by atoms with Gasteiger partial charge < -0.3 is 29.6 Å². The van der Waals surface area contributed by atoms with Gasteiger partial charge in [-0.2, -0.15) is 0 Å². The molecule has 0 aliphatic heterocycles. The molecule has 2 N–H and O–H groups in total. The van der Waals surface area contributed by atoms with E-state index in [1.54, 1.807) is 6.92 Å². The SMILES string of the molecule is CCO[C@H](COCP(=O)([O-])[O-])n1cnc2c(N)ncnc21.[Na+].[Na+]. The Balaban J connectivity index is 0.00000242. The maximum absolute atomic E-state index is 10.6. The van der Waals surface area contributed by atoms with Crippen LogP contribution in [-0.4, -0.2) is 39.1 Å². The van der Waals surface area contributed by atoms with E-state index in [0.29, 0.717) is 17.8 Å². The number of nitrogens with zero attached hydrogens (tertiary/aromatic N) is 4. The van der Waals surface area contributed by atoms with Crippen molar-refractivity contribution in [2.75, 3.05) is 25.3 Å². The Morgan fingerprint density at radius 2 is 2.04 bits per heavy atom. The van der Waals surface area contributed by atoms with Crippen LogP contribution in [0.25, 0.3) is 11.2 Å². The molecule has 10 nitrogen and oxygen atoms in total. The topological polar surface area (TPSA) is 151 Å². The van der Waals surface area contributed by atoms with Crippen molar-refractivity contribution in [3.8, 4) is 0 Å². The van der Waals surface area contributed by atoms with Gasteiger partial charge in [-0.15, -0.1) is 0 Å². The summed E-state index contributed by atoms with van der Waals surface area (Å²) in [5.41, 5.74) is 6.51. The first kappa shape index (κ1) is 23.4. The molecule has 0 aliphatic rings. The number of imidazole rings is 1. The molecule has 2 aromatic rings. The summed E-state index contributed by atoms with van der Waals surface area (Å²) in [6.07, 6.45) is 1.14. The van der Waals surface area contributed by atoms with E-state index in [1.165, 1.54) is 17.2 Å². The van der Waals surface area contributed by atoms with Crippen molar-refractivity contribution >= 4 is 24.6 Å². The molecule has 0 radical (unpaired) electrons. The van der Waals surface area contributed by atoms with Gasteiger partial charge in [-0.1, -0.05) is 0 Å². The standard InChI is InChI=1S/C10H16N5O5P.2Na/c1-2-20-7(3-19-6-21(16,17)18)15-5-14-8-9(11)12-4-13-10(8)15;;/h4-5,7H,2-3,6H2,1H3,(H2,11,12,13)(H2,16,17,18);;/q;2*+1/p-2/t7-;;/m1../s1. The summed E-state index contributed by atoms with van der Waals surface area (Å²) < 4.78 is 22.4. The first-order valence-corrected chi connectivity index (χ1v) is 7.78. The van der Waals surface area contributed by atoms with Crippen molar-refractivity contribution in [3.63, 3.8) is 0 Å². The maximum Gasteiger partial charge on any atom is 1.00 e. The zero-order chi connectivity index (χ0) is 15.5. The molecule has 2 heterocycles. The Morgan fingerprint density at radius 3 is 2.65 bits per heavy atom. The normalized spacial score (nSPS) is 12.5. The van der Waals surface area contributed by atoms with Crippen molar-refractivity contribution in [1.29, 1.82) is 0 Å². The van der Waals surface area contributed by atoms with Crippen LogP contribution in [0.2, 0.25) is 0 Å². The molecule has 2 aromatic heterocycles. The first-order chi connectivity index (χ1) is 9.92. The number of nitrogens with two attached hydrogens (primary N) is 1. The van der Waals surface area contributed by atoms with Crippen LogP contribution in [0.1, 0.15) is 13.2 Å². The van der Waals surface area contributed by atoms with Crippen molar-refractivity contribution < 1.29 is 82.9 Å². The third kappa shape index (κ3) is 6.68. The van der Waals surface area contributed by atoms with Crippen LogP contribution in [0.5, 0.6) is 0 Å². The number of aromatic nitrogens is 4. The van der Waals surface area contributed by atoms with Gasteiger partial charge in [-0.05, 0) is 14.5 Å². The monoisotopic (exact) mass is 361 g/mol. The minimum Gasteiger partial charge on any atom is -0.809 e. The molecule has 2 rings (SSSR count). The van der Waals surface area contributed by atoms with Gasteiger partial charge in [0, 0.05) is 6.61 Å². The van der Waals surface area contributed by atoms with Crippen LogP contribution in [-0.2, 0) is 14.0 Å². The number of anilines is 1. The molecule has 0 aliphatic carbocycles. The van der Waals surface area contributed by atoms with E-state index in [9.17, 15) is 14.4 Å². The van der Waals surface area contributed by atoms with Gasteiger partial charge in [0.05, 0.1) is 19.3 Å². The number of ether oxygens (including phenoxy) is 2. The molecule has 0 saturated heterocycles. The summed E-state index contributed by atoms with van der Waals surface area (Å²) >= 11 is 0. The molecule has 23 heavy (non-hydrogen) atoms. The van der Waals surface area contributed by atoms with Crippen LogP contribution in [0.4, 0.5) is 5.82 Å². The van der Waals surface area contributed by atoms with Crippen LogP contribution >= 0.6 is 7.60 Å². The average molecular weight is 361 g/mol. The molecule has 13 heteroatoms. The summed E-state index contributed by atoms with van der Waals surface area (Å²) in [4.78, 5) is 33.1. The Morgan fingerprint density at radius 1 is 1.35 bits per heavy atom. The molecule has 0 unspecified atom stereocenters. The Bertz CT molecular complexity index is 666. The smallest absolute Gasteiger partial charge is 0.809 e. The number of nitrogen functional groups attached to an aromatic ring is 1. The predicted octanol–water partition coefficient (Wildman–Crippen LogP) is -7.16. The van der Waals surface area contributed by atoms with Gasteiger partial charge in [0.2, 0.25) is 0 Å². The van der Waals surface area contributed by atoms with Gasteiger partial charge in [0.25, 0.3) is 0 Å². The Kier molecular flexibility index (Phi) is 10.6. The molecular formula is C10H14N5Na2O5P. The van der Waals surface area contributed by atoms with Crippen LogP contribution in [0.3, 0.4) is 0 Å². The number of fused-ring (bicyclic) bond motifs is 1. The summed E-state index contributed by atoms with van der Waals surface area (Å²) in [5, 5.41) is 0. The summed E-state index contributed by atoms with van der Waals surface area (Å²) in [6, 6.07) is 0. The van der Waals surface area contributed by atoms with Gasteiger partial charge in [0.1, 0.15) is 11.8 Å². The molecule has 1 atom stereocenters. The summed E-state index contributed by atoms with van der Waals surface area (Å²) in [7, 11) is -4.72. The van der Waals surface area contributed by atoms with Crippen molar-refractivity contribution in [2.45, 2.75) is 13.2 Å². The molecule has 0 spiro atoms. The van der Waals surface area contributed by atoms with Gasteiger partial charge in [-0.3, -0.25) is 4.57 Å². The fourth-order valence-corrected chi connectivity index (χ4v) is 2.08. The van der Waals surface area contributed by atoms with E-state index in [2.05, 4.69) is 15.0 Å². The van der Waals surface area contributed by atoms with Crippen molar-refractivity contribution in [2.24, 2.45) is 0 Å². The van der Waals surface area contributed by atoms with Crippen LogP contribution in [0.15, 0.2) is 12.7 Å². The second kappa shape index (κ2) is 10.4. The largest absolute Gasteiger partial charge is 1.00 e. The van der Waals surface area contributed by atoms with E-state index < -0.39 is 20.2 Å². The Hall–Kier alpha value is 0.420. The maximum atomic E-state index is 10.6. The zero-order valence-corrected chi connectivity index (χ0v) is 18.1. The third-order valence-electron chi connectivity index (χ3n) is 2.57. The van der Waals surface area contributed by atoms with E-state index in [4.69, 9.17) is 15.2 Å². The second-order valence-electron chi connectivity index (χ2n) is 4.10. The summed E-state index contributed by atoms with van der Waals surface area (Å²) in [6.45, 7) is 1.97. The average Bonchev–Trinajstić information content (AvgIpc) is 2.81. The number of hydrogen-bond acceptors (Lipinski definition) is 9. The summed E-state index contributed by atoms with van der Waals surface area (Å²) in [5.74, 6) is 0.221. The van der Waals surface area contributed by atoms with E-state index in [0.717, 1.165) is 0 Å². The fraction of sp³-hybridized carbons (Fsp3) is 0.500. The van der Waals surface area contributed by atoms with Crippen LogP contribution < -0.4 is 74.6 Å². The fourth-order valence-electron chi connectivity index (χ4n) is 1.75. The van der Waals surface area contributed by atoms with Crippen LogP contribution in [0, 0.1) is 0 Å². The quantitative estimate of drug-likeness (QED) is 0.374. The zero-order valence-electron chi connectivity index (χ0n) is 13.2. The van der Waals surface area contributed by atoms with E-state index in [1.807, 2.05) is 0 Å². The molecule has 0 aromatic carbocycles. The molecule has 0 amide bonds. The van der Waals surface area contributed by atoms with E-state index >= 15 is 0 Å². The van der Waals surface area contributed by atoms with Gasteiger partial charge in [0.15, 0.2) is 17.7 Å². The molecule has 0 fully saturated rings. The Labute approximate surface area is 176 Å². The van der Waals surface area contributed by atoms with Gasteiger partial charge in [-0.25, -0.2) is 15.0 Å². The number of hydrogen-bond donors (Lipinski definition) is 1. The minimum absolute atomic E-state index is 0. The molecular weight excluding hydrogens is 347 g/mol. The second-order valence-corrected chi connectivity index (χ2v) is 5.58. The minimum atomic E-state index is -4.72. The van der Waals surface area contributed by atoms with Crippen molar-refractivity contribution in [1.82, 2.24) is 19.5 Å². The van der Waals surface area contributed by atoms with Crippen molar-refractivity contribution in [3.05, 3.63) is 12.7 Å². The number of rotatable bonds is 7. The third-order valence-corrected chi connectivity index (χ3v) is 3.07.